The van der Waals surface area contributed by atoms with E-state index in [2.05, 4.69) is 0 Å². The highest BCUT2D eigenvalue weighted by Crippen LogP contribution is 2.35. The molecular weight excluding hydrogens is 356 g/mol. The molecule has 0 aliphatic carbocycles. The molecule has 0 atom stereocenters. The van der Waals surface area contributed by atoms with Gasteiger partial charge in [0.05, 0.1) is 31.6 Å². The molecule has 0 bridgehead atoms. The zero-order valence-electron chi connectivity index (χ0n) is 16.0. The van der Waals surface area contributed by atoms with E-state index in [1.54, 1.807) is 31.4 Å². The summed E-state index contributed by atoms with van der Waals surface area (Å²) in [5, 5.41) is 0. The van der Waals surface area contributed by atoms with Gasteiger partial charge in [-0.3, -0.25) is 9.59 Å². The Kier molecular flexibility index (Phi) is 4.88. The van der Waals surface area contributed by atoms with Crippen molar-refractivity contribution in [2.75, 3.05) is 38.3 Å². The van der Waals surface area contributed by atoms with Crippen LogP contribution in [0.25, 0.3) is 5.57 Å². The highest BCUT2D eigenvalue weighted by atomic mass is 16.5. The maximum absolute atomic E-state index is 13.4. The third-order valence-corrected chi connectivity index (χ3v) is 5.06. The monoisotopic (exact) mass is 378 g/mol. The van der Waals surface area contributed by atoms with Crippen LogP contribution in [-0.2, 0) is 14.3 Å². The van der Waals surface area contributed by atoms with E-state index in [-0.39, 0.29) is 11.8 Å². The third-order valence-electron chi connectivity index (χ3n) is 5.06. The minimum atomic E-state index is -0.305. The Morgan fingerprint density at radius 1 is 0.893 bits per heavy atom. The first kappa shape index (κ1) is 18.3. The van der Waals surface area contributed by atoms with Crippen molar-refractivity contribution < 1.29 is 19.1 Å². The Morgan fingerprint density at radius 2 is 1.54 bits per heavy atom. The van der Waals surface area contributed by atoms with Crippen molar-refractivity contribution in [1.29, 1.82) is 0 Å². The van der Waals surface area contributed by atoms with Crippen molar-refractivity contribution in [3.05, 3.63) is 65.4 Å². The number of hydrogen-bond donors (Lipinski definition) is 0. The molecule has 2 aromatic carbocycles. The van der Waals surface area contributed by atoms with Crippen LogP contribution >= 0.6 is 0 Å². The van der Waals surface area contributed by atoms with Gasteiger partial charge in [0.2, 0.25) is 0 Å². The molecule has 6 nitrogen and oxygen atoms in total. The van der Waals surface area contributed by atoms with E-state index in [0.29, 0.717) is 49.0 Å². The molecular formula is C22H22N2O4. The molecule has 144 valence electrons. The van der Waals surface area contributed by atoms with E-state index in [1.807, 2.05) is 36.1 Å². The van der Waals surface area contributed by atoms with Crippen LogP contribution in [0.3, 0.4) is 0 Å². The van der Waals surface area contributed by atoms with Gasteiger partial charge in [-0.25, -0.2) is 4.90 Å². The predicted molar refractivity (Wildman–Crippen MR) is 106 cm³/mol. The summed E-state index contributed by atoms with van der Waals surface area (Å²) in [6, 6.07) is 14.6. The molecule has 0 spiro atoms. The van der Waals surface area contributed by atoms with E-state index in [1.165, 1.54) is 4.90 Å². The molecule has 28 heavy (non-hydrogen) atoms. The SMILES string of the molecule is COc1ccc(N2C(=O)C(c3ccc(C)cc3)=C(N3CCOCC3)C2=O)cc1. The topological polar surface area (TPSA) is 59.1 Å². The lowest BCUT2D eigenvalue weighted by Crippen LogP contribution is -2.40. The highest BCUT2D eigenvalue weighted by Gasteiger charge is 2.42. The number of methoxy groups -OCH3 is 1. The van der Waals surface area contributed by atoms with Crippen molar-refractivity contribution in [3.63, 3.8) is 0 Å². The number of amides is 2. The van der Waals surface area contributed by atoms with Crippen molar-refractivity contribution >= 4 is 23.1 Å². The van der Waals surface area contributed by atoms with Gasteiger partial charge in [0.15, 0.2) is 0 Å². The molecule has 6 heteroatoms. The molecule has 2 heterocycles. The summed E-state index contributed by atoms with van der Waals surface area (Å²) in [5.41, 5.74) is 3.28. The summed E-state index contributed by atoms with van der Waals surface area (Å²) in [4.78, 5) is 29.9. The summed E-state index contributed by atoms with van der Waals surface area (Å²) < 4.78 is 10.6. The molecule has 1 fully saturated rings. The van der Waals surface area contributed by atoms with Crippen LogP contribution in [0, 0.1) is 6.92 Å². The summed E-state index contributed by atoms with van der Waals surface area (Å²) >= 11 is 0. The van der Waals surface area contributed by atoms with Crippen LogP contribution in [-0.4, -0.2) is 50.1 Å². The quantitative estimate of drug-likeness (QED) is 0.766. The first-order valence-electron chi connectivity index (χ1n) is 9.27. The highest BCUT2D eigenvalue weighted by molar-refractivity contribution is 6.45. The van der Waals surface area contributed by atoms with Crippen LogP contribution in [0.4, 0.5) is 5.69 Å². The number of anilines is 1. The summed E-state index contributed by atoms with van der Waals surface area (Å²) in [5.74, 6) is 0.0659. The van der Waals surface area contributed by atoms with Gasteiger partial charge in [0, 0.05) is 13.1 Å². The van der Waals surface area contributed by atoms with Crippen molar-refractivity contribution in [1.82, 2.24) is 4.90 Å². The van der Waals surface area contributed by atoms with Crippen LogP contribution in [0.15, 0.2) is 54.2 Å². The van der Waals surface area contributed by atoms with Gasteiger partial charge in [-0.1, -0.05) is 29.8 Å². The minimum absolute atomic E-state index is 0.298. The Balaban J connectivity index is 1.79. The second-order valence-electron chi connectivity index (χ2n) is 6.83. The zero-order valence-corrected chi connectivity index (χ0v) is 16.0. The molecule has 2 aliphatic heterocycles. The maximum Gasteiger partial charge on any atom is 0.282 e. The number of benzene rings is 2. The number of aryl methyl sites for hydroxylation is 1. The van der Waals surface area contributed by atoms with E-state index in [0.717, 1.165) is 11.1 Å². The van der Waals surface area contributed by atoms with Crippen molar-refractivity contribution in [2.24, 2.45) is 0 Å². The van der Waals surface area contributed by atoms with E-state index in [4.69, 9.17) is 9.47 Å². The standard InChI is InChI=1S/C22H22N2O4/c1-15-3-5-16(6-4-15)19-20(23-11-13-28-14-12-23)22(26)24(21(19)25)17-7-9-18(27-2)10-8-17/h3-10H,11-14H2,1-2H3. The van der Waals surface area contributed by atoms with Gasteiger partial charge >= 0.3 is 0 Å². The Morgan fingerprint density at radius 3 is 2.14 bits per heavy atom. The molecule has 1 saturated heterocycles. The minimum Gasteiger partial charge on any atom is -0.497 e. The number of rotatable bonds is 4. The molecule has 0 radical (unpaired) electrons. The smallest absolute Gasteiger partial charge is 0.282 e. The number of imide groups is 1. The molecule has 0 saturated carbocycles. The van der Waals surface area contributed by atoms with E-state index < -0.39 is 0 Å². The van der Waals surface area contributed by atoms with E-state index in [9.17, 15) is 9.59 Å². The van der Waals surface area contributed by atoms with Crippen LogP contribution < -0.4 is 9.64 Å². The van der Waals surface area contributed by atoms with Gasteiger partial charge in [-0.05, 0) is 36.8 Å². The summed E-state index contributed by atoms with van der Waals surface area (Å²) in [7, 11) is 1.58. The lowest BCUT2D eigenvalue weighted by molar-refractivity contribution is -0.121. The maximum atomic E-state index is 13.4. The zero-order chi connectivity index (χ0) is 19.7. The Labute approximate surface area is 164 Å². The predicted octanol–water partition coefficient (Wildman–Crippen LogP) is 2.62. The van der Waals surface area contributed by atoms with Crippen LogP contribution in [0.2, 0.25) is 0 Å². The molecule has 2 aromatic rings. The van der Waals surface area contributed by atoms with Gasteiger partial charge in [0.1, 0.15) is 11.4 Å². The number of carbonyl (C=O) groups is 2. The van der Waals surface area contributed by atoms with Gasteiger partial charge in [-0.15, -0.1) is 0 Å². The fourth-order valence-corrected chi connectivity index (χ4v) is 3.54. The lowest BCUT2D eigenvalue weighted by Gasteiger charge is -2.29. The molecule has 4 rings (SSSR count). The van der Waals surface area contributed by atoms with Crippen LogP contribution in [0.1, 0.15) is 11.1 Å². The van der Waals surface area contributed by atoms with Gasteiger partial charge in [0.25, 0.3) is 11.8 Å². The third kappa shape index (κ3) is 3.16. The first-order valence-corrected chi connectivity index (χ1v) is 9.27. The molecule has 0 unspecified atom stereocenters. The lowest BCUT2D eigenvalue weighted by atomic mass is 10.0. The number of carbonyl (C=O) groups excluding carboxylic acids is 2. The number of nitrogens with zero attached hydrogens (tertiary/aromatic N) is 2. The Hall–Kier alpha value is -3.12. The average Bonchev–Trinajstić information content (AvgIpc) is 2.99. The average molecular weight is 378 g/mol. The largest absolute Gasteiger partial charge is 0.497 e. The van der Waals surface area contributed by atoms with Crippen molar-refractivity contribution in [2.45, 2.75) is 6.92 Å². The fraction of sp³-hybridized carbons (Fsp3) is 0.273. The summed E-state index contributed by atoms with van der Waals surface area (Å²) in [6.07, 6.45) is 0. The summed E-state index contributed by atoms with van der Waals surface area (Å²) in [6.45, 7) is 4.23. The number of ether oxygens (including phenoxy) is 2. The molecule has 2 amide bonds. The number of morpholine rings is 1. The molecule has 0 N–H and O–H groups in total. The Bertz CT molecular complexity index is 926. The van der Waals surface area contributed by atoms with Gasteiger partial charge < -0.3 is 14.4 Å². The first-order chi connectivity index (χ1) is 13.6. The normalized spacial score (nSPS) is 17.5. The van der Waals surface area contributed by atoms with Crippen molar-refractivity contribution in [3.8, 4) is 5.75 Å². The second kappa shape index (κ2) is 7.48. The number of hydrogen-bond acceptors (Lipinski definition) is 5. The van der Waals surface area contributed by atoms with Gasteiger partial charge in [-0.2, -0.15) is 0 Å². The second-order valence-corrected chi connectivity index (χ2v) is 6.83. The fourth-order valence-electron chi connectivity index (χ4n) is 3.54. The van der Waals surface area contributed by atoms with Crippen LogP contribution in [0.5, 0.6) is 5.75 Å². The molecule has 0 aromatic heterocycles. The van der Waals surface area contributed by atoms with E-state index >= 15 is 0 Å². The molecule has 2 aliphatic rings.